The predicted octanol–water partition coefficient (Wildman–Crippen LogP) is 0.819. The highest BCUT2D eigenvalue weighted by molar-refractivity contribution is 4.86. The Morgan fingerprint density at radius 3 is 3.18 bits per heavy atom. The third-order valence-corrected chi connectivity index (χ3v) is 1.33. The minimum Gasteiger partial charge on any atom is -0.295 e. The summed E-state index contributed by atoms with van der Waals surface area (Å²) in [5, 5.41) is 0. The van der Waals surface area contributed by atoms with Crippen LogP contribution in [0.2, 0.25) is 0 Å². The van der Waals surface area contributed by atoms with E-state index < -0.39 is 0 Å². The lowest BCUT2D eigenvalue weighted by Crippen LogP contribution is -2.17. The fraction of sp³-hybridized carbons (Fsp3) is 0.250. The molecule has 0 radical (unpaired) electrons. The molecule has 0 aliphatic rings. The third-order valence-electron chi connectivity index (χ3n) is 1.33. The Morgan fingerprint density at radius 2 is 2.55 bits per heavy atom. The molecule has 0 unspecified atom stereocenters. The van der Waals surface area contributed by atoms with Gasteiger partial charge in [-0.05, 0) is 6.92 Å². The standard InChI is InChI=1S/C8H10N2O/c1-2-3-6-10-7-9-5-4-8(10)11/h2-5,7H,6H2,1H3/b3-2+. The Labute approximate surface area is 65.0 Å². The van der Waals surface area contributed by atoms with E-state index in [1.807, 2.05) is 19.1 Å². The van der Waals surface area contributed by atoms with Crippen LogP contribution in [-0.2, 0) is 6.54 Å². The molecule has 0 atom stereocenters. The Bertz CT molecular complexity index is 301. The van der Waals surface area contributed by atoms with Gasteiger partial charge in [0.05, 0.1) is 6.33 Å². The average molecular weight is 150 g/mol. The molecule has 1 aromatic rings. The third kappa shape index (κ3) is 2.04. The molecule has 0 bridgehead atoms. The fourth-order valence-electron chi connectivity index (χ4n) is 0.734. The Morgan fingerprint density at radius 1 is 1.73 bits per heavy atom. The molecule has 1 heterocycles. The highest BCUT2D eigenvalue weighted by Gasteiger charge is 1.88. The molecule has 0 aromatic carbocycles. The summed E-state index contributed by atoms with van der Waals surface area (Å²) in [7, 11) is 0. The molecule has 0 aliphatic heterocycles. The maximum Gasteiger partial charge on any atom is 0.253 e. The van der Waals surface area contributed by atoms with Crippen LogP contribution in [0.1, 0.15) is 6.92 Å². The van der Waals surface area contributed by atoms with Crippen LogP contribution in [0.5, 0.6) is 0 Å². The second kappa shape index (κ2) is 3.71. The van der Waals surface area contributed by atoms with Crippen molar-refractivity contribution in [3.8, 4) is 0 Å². The molecule has 0 saturated heterocycles. The van der Waals surface area contributed by atoms with E-state index in [-0.39, 0.29) is 5.56 Å². The Balaban J connectivity index is 2.86. The zero-order valence-corrected chi connectivity index (χ0v) is 6.40. The molecule has 1 rings (SSSR count). The monoisotopic (exact) mass is 150 g/mol. The maximum atomic E-state index is 11.0. The van der Waals surface area contributed by atoms with Gasteiger partial charge in [0.25, 0.3) is 5.56 Å². The summed E-state index contributed by atoms with van der Waals surface area (Å²) < 4.78 is 1.54. The van der Waals surface area contributed by atoms with Crippen LogP contribution in [0.25, 0.3) is 0 Å². The van der Waals surface area contributed by atoms with Crippen LogP contribution in [-0.4, -0.2) is 9.55 Å². The summed E-state index contributed by atoms with van der Waals surface area (Å²) in [5.41, 5.74) is -0.0156. The van der Waals surface area contributed by atoms with E-state index in [2.05, 4.69) is 4.98 Å². The van der Waals surface area contributed by atoms with Crippen LogP contribution in [0.15, 0.2) is 35.5 Å². The smallest absolute Gasteiger partial charge is 0.253 e. The first-order valence-electron chi connectivity index (χ1n) is 3.46. The van der Waals surface area contributed by atoms with Crippen molar-refractivity contribution >= 4 is 0 Å². The van der Waals surface area contributed by atoms with Crippen molar-refractivity contribution in [2.75, 3.05) is 0 Å². The summed E-state index contributed by atoms with van der Waals surface area (Å²) in [6.45, 7) is 2.52. The van der Waals surface area contributed by atoms with Gasteiger partial charge in [0.2, 0.25) is 0 Å². The molecule has 11 heavy (non-hydrogen) atoms. The van der Waals surface area contributed by atoms with Crippen molar-refractivity contribution in [3.63, 3.8) is 0 Å². The summed E-state index contributed by atoms with van der Waals surface area (Å²) in [6, 6.07) is 1.45. The van der Waals surface area contributed by atoms with Gasteiger partial charge in [-0.25, -0.2) is 4.98 Å². The van der Waals surface area contributed by atoms with E-state index in [1.165, 1.54) is 18.6 Å². The maximum absolute atomic E-state index is 11.0. The predicted molar refractivity (Wildman–Crippen MR) is 43.3 cm³/mol. The molecule has 0 amide bonds. The van der Waals surface area contributed by atoms with Gasteiger partial charge >= 0.3 is 0 Å². The van der Waals surface area contributed by atoms with Gasteiger partial charge in [0, 0.05) is 18.8 Å². The van der Waals surface area contributed by atoms with Crippen LogP contribution >= 0.6 is 0 Å². The minimum atomic E-state index is -0.0156. The summed E-state index contributed by atoms with van der Waals surface area (Å²) in [6.07, 6.45) is 6.83. The van der Waals surface area contributed by atoms with Crippen LogP contribution in [0, 0.1) is 0 Å². The molecule has 0 N–H and O–H groups in total. The van der Waals surface area contributed by atoms with Gasteiger partial charge < -0.3 is 0 Å². The van der Waals surface area contributed by atoms with Crippen LogP contribution in [0.3, 0.4) is 0 Å². The highest BCUT2D eigenvalue weighted by Crippen LogP contribution is 1.79. The first-order valence-corrected chi connectivity index (χ1v) is 3.46. The van der Waals surface area contributed by atoms with Crippen molar-refractivity contribution in [2.24, 2.45) is 0 Å². The van der Waals surface area contributed by atoms with Crippen molar-refractivity contribution in [2.45, 2.75) is 13.5 Å². The SMILES string of the molecule is C/C=C/Cn1cnccc1=O. The van der Waals surface area contributed by atoms with E-state index in [1.54, 1.807) is 4.57 Å². The first kappa shape index (κ1) is 7.72. The zero-order valence-electron chi connectivity index (χ0n) is 6.40. The molecule has 0 saturated carbocycles. The largest absolute Gasteiger partial charge is 0.295 e. The molecule has 0 fully saturated rings. The van der Waals surface area contributed by atoms with Gasteiger partial charge in [0.15, 0.2) is 0 Å². The van der Waals surface area contributed by atoms with E-state index >= 15 is 0 Å². The van der Waals surface area contributed by atoms with Crippen molar-refractivity contribution in [1.29, 1.82) is 0 Å². The van der Waals surface area contributed by atoms with Crippen LogP contribution < -0.4 is 5.56 Å². The quantitative estimate of drug-likeness (QED) is 0.585. The molecule has 58 valence electrons. The lowest BCUT2D eigenvalue weighted by atomic mass is 10.5. The number of allylic oxidation sites excluding steroid dienone is 2. The normalized spacial score (nSPS) is 10.6. The number of hydrogen-bond donors (Lipinski definition) is 0. The second-order valence-corrected chi connectivity index (χ2v) is 2.14. The summed E-state index contributed by atoms with van der Waals surface area (Å²) in [5.74, 6) is 0. The Hall–Kier alpha value is -1.38. The van der Waals surface area contributed by atoms with Crippen molar-refractivity contribution < 1.29 is 0 Å². The number of hydrogen-bond acceptors (Lipinski definition) is 2. The number of rotatable bonds is 2. The van der Waals surface area contributed by atoms with Gasteiger partial charge in [0.1, 0.15) is 0 Å². The summed E-state index contributed by atoms with van der Waals surface area (Å²) >= 11 is 0. The summed E-state index contributed by atoms with van der Waals surface area (Å²) in [4.78, 5) is 14.8. The minimum absolute atomic E-state index is 0.0156. The van der Waals surface area contributed by atoms with Crippen molar-refractivity contribution in [3.05, 3.63) is 41.1 Å². The molecule has 0 spiro atoms. The van der Waals surface area contributed by atoms with E-state index in [9.17, 15) is 4.79 Å². The van der Waals surface area contributed by atoms with Gasteiger partial charge in [-0.2, -0.15) is 0 Å². The molecular weight excluding hydrogens is 140 g/mol. The Kier molecular flexibility index (Phi) is 2.60. The van der Waals surface area contributed by atoms with Crippen LogP contribution in [0.4, 0.5) is 0 Å². The number of nitrogens with zero attached hydrogens (tertiary/aromatic N) is 2. The highest BCUT2D eigenvalue weighted by atomic mass is 16.1. The van der Waals surface area contributed by atoms with Crippen molar-refractivity contribution in [1.82, 2.24) is 9.55 Å². The topological polar surface area (TPSA) is 34.9 Å². The van der Waals surface area contributed by atoms with E-state index in [0.717, 1.165) is 0 Å². The molecule has 3 heteroatoms. The average Bonchev–Trinajstić information content (AvgIpc) is 2.03. The molecule has 1 aromatic heterocycles. The van der Waals surface area contributed by atoms with E-state index in [0.29, 0.717) is 6.54 Å². The second-order valence-electron chi connectivity index (χ2n) is 2.14. The first-order chi connectivity index (χ1) is 5.34. The molecule has 3 nitrogen and oxygen atoms in total. The zero-order chi connectivity index (χ0) is 8.10. The van der Waals surface area contributed by atoms with Gasteiger partial charge in [-0.3, -0.25) is 9.36 Å². The fourth-order valence-corrected chi connectivity index (χ4v) is 0.734. The molecule has 0 aliphatic carbocycles. The lowest BCUT2D eigenvalue weighted by molar-refractivity contribution is 0.752. The number of aromatic nitrogens is 2. The van der Waals surface area contributed by atoms with Gasteiger partial charge in [-0.1, -0.05) is 12.2 Å². The van der Waals surface area contributed by atoms with E-state index in [4.69, 9.17) is 0 Å². The molecular formula is C8H10N2O. The lowest BCUT2D eigenvalue weighted by Gasteiger charge is -1.97. The van der Waals surface area contributed by atoms with Gasteiger partial charge in [-0.15, -0.1) is 0 Å².